The second-order valence-electron chi connectivity index (χ2n) is 14.4. The van der Waals surface area contributed by atoms with Crippen LogP contribution in [-0.2, 0) is 0 Å². The Labute approximate surface area is 358 Å². The van der Waals surface area contributed by atoms with E-state index in [1.54, 1.807) is 36.4 Å². The van der Waals surface area contributed by atoms with Gasteiger partial charge in [-0.15, -0.1) is 0 Å². The molecule has 0 saturated heterocycles. The second kappa shape index (κ2) is 16.0. The van der Waals surface area contributed by atoms with Crippen molar-refractivity contribution < 1.29 is 11.0 Å². The maximum absolute atomic E-state index is 9.70. The molecular formula is C58H41N. The molecule has 1 nitrogen and oxygen atoms in total. The summed E-state index contributed by atoms with van der Waals surface area (Å²) in [6, 6.07) is 61.4. The highest BCUT2D eigenvalue weighted by Crippen LogP contribution is 2.39. The first kappa shape index (κ1) is 27.8. The molecule has 0 aliphatic carbocycles. The predicted octanol–water partition coefficient (Wildman–Crippen LogP) is 16.3. The smallest absolute Gasteiger partial charge is 0.0645 e. The van der Waals surface area contributed by atoms with Crippen LogP contribution in [0.25, 0.3) is 77.5 Å². The van der Waals surface area contributed by atoms with Crippen LogP contribution in [-0.4, -0.2) is 0 Å². The van der Waals surface area contributed by atoms with Crippen molar-refractivity contribution >= 4 is 27.8 Å². The lowest BCUT2D eigenvalue weighted by atomic mass is 9.93. The van der Waals surface area contributed by atoms with E-state index in [-0.39, 0.29) is 46.7 Å². The quantitative estimate of drug-likeness (QED) is 0.142. The fourth-order valence-electron chi connectivity index (χ4n) is 7.52. The first-order valence-corrected chi connectivity index (χ1v) is 19.6. The summed E-state index contributed by atoms with van der Waals surface area (Å²) in [7, 11) is 0. The molecule has 0 fully saturated rings. The van der Waals surface area contributed by atoms with E-state index in [4.69, 9.17) is 0 Å². The summed E-state index contributed by atoms with van der Waals surface area (Å²) in [5.41, 5.74) is 8.53. The van der Waals surface area contributed by atoms with Gasteiger partial charge >= 0.3 is 0 Å². The minimum absolute atomic E-state index is 0.0919. The second-order valence-corrected chi connectivity index (χ2v) is 14.4. The van der Waals surface area contributed by atoms with E-state index >= 15 is 0 Å². The summed E-state index contributed by atoms with van der Waals surface area (Å²) in [4.78, 5) is 1.35. The predicted molar refractivity (Wildman–Crippen MR) is 251 cm³/mol. The van der Waals surface area contributed by atoms with Crippen LogP contribution in [0.2, 0.25) is 0 Å². The Hall–Kier alpha value is -7.74. The Morgan fingerprint density at radius 2 is 0.576 bits per heavy atom. The fraction of sp³-hybridized carbons (Fsp3) is 0. The van der Waals surface area contributed by atoms with Crippen molar-refractivity contribution in [2.75, 3.05) is 4.90 Å². The largest absolute Gasteiger partial charge is 0.311 e. The van der Waals surface area contributed by atoms with Crippen molar-refractivity contribution in [2.24, 2.45) is 0 Å². The molecule has 0 saturated carbocycles. The summed E-state index contributed by atoms with van der Waals surface area (Å²) >= 11 is 0. The first-order valence-electron chi connectivity index (χ1n) is 23.6. The number of hydrogen-bond acceptors (Lipinski definition) is 1. The van der Waals surface area contributed by atoms with Gasteiger partial charge in [-0.05, 0) is 144 Å². The van der Waals surface area contributed by atoms with Gasteiger partial charge < -0.3 is 4.90 Å². The van der Waals surface area contributed by atoms with E-state index < -0.39 is 24.2 Å². The van der Waals surface area contributed by atoms with Crippen molar-refractivity contribution in [1.29, 1.82) is 0 Å². The Balaban J connectivity index is 1.15. The third-order valence-corrected chi connectivity index (χ3v) is 10.6. The van der Waals surface area contributed by atoms with Gasteiger partial charge in [0.25, 0.3) is 0 Å². The first-order chi connectivity index (χ1) is 32.6. The lowest BCUT2D eigenvalue weighted by Gasteiger charge is -2.26. The van der Waals surface area contributed by atoms with Crippen LogP contribution in [0.4, 0.5) is 17.1 Å². The summed E-state index contributed by atoms with van der Waals surface area (Å²) in [5, 5.41) is 2.30. The van der Waals surface area contributed by atoms with Crippen LogP contribution < -0.4 is 4.90 Å². The van der Waals surface area contributed by atoms with Gasteiger partial charge in [0.15, 0.2) is 0 Å². The molecule has 10 rings (SSSR count). The van der Waals surface area contributed by atoms with Crippen LogP contribution in [0, 0.1) is 0 Å². The Morgan fingerprint density at radius 1 is 0.220 bits per heavy atom. The summed E-state index contributed by atoms with van der Waals surface area (Å²) in [6.07, 6.45) is 0. The maximum Gasteiger partial charge on any atom is 0.0645 e. The zero-order valence-corrected chi connectivity index (χ0v) is 32.0. The molecule has 0 N–H and O–H groups in total. The molecule has 10 aromatic carbocycles. The highest BCUT2D eigenvalue weighted by atomic mass is 15.1. The van der Waals surface area contributed by atoms with Gasteiger partial charge in [0.1, 0.15) is 0 Å². The molecule has 0 aliphatic rings. The third-order valence-electron chi connectivity index (χ3n) is 10.6. The Bertz CT molecular complexity index is 3370. The topological polar surface area (TPSA) is 3.24 Å². The van der Waals surface area contributed by atoms with Gasteiger partial charge in [-0.3, -0.25) is 0 Å². The van der Waals surface area contributed by atoms with Gasteiger partial charge in [0.2, 0.25) is 0 Å². The van der Waals surface area contributed by atoms with Crippen LogP contribution in [0.5, 0.6) is 0 Å². The molecule has 0 bridgehead atoms. The zero-order chi connectivity index (χ0) is 46.3. The van der Waals surface area contributed by atoms with Crippen LogP contribution >= 0.6 is 0 Å². The lowest BCUT2D eigenvalue weighted by Crippen LogP contribution is -2.09. The highest BCUT2D eigenvalue weighted by molar-refractivity contribution is 5.89. The zero-order valence-electron chi connectivity index (χ0n) is 40.0. The molecule has 1 heteroatoms. The standard InChI is InChI=1S/C58H41N/c1-4-13-42(14-5-1)46-25-31-56(32-26-46)59(57-33-27-47(28-34-57)50-21-12-22-51(37-50)52-24-23-45-19-10-11-20-49(45)38-52)58-35-29-48(30-36-58)55-40-53(43-15-6-2-7-16-43)39-54(41-55)44-17-8-3-9-18-44/h1-41H/i25D,26D,29D,30D,31D,32D,35D,36D. The molecule has 278 valence electrons. The molecular weight excluding hydrogens is 711 g/mol. The van der Waals surface area contributed by atoms with E-state index in [9.17, 15) is 11.0 Å². The van der Waals surface area contributed by atoms with Crippen molar-refractivity contribution in [3.05, 3.63) is 249 Å². The average Bonchev–Trinajstić information content (AvgIpc) is 3.38. The van der Waals surface area contributed by atoms with Crippen LogP contribution in [0.3, 0.4) is 0 Å². The molecule has 0 aromatic heterocycles. The molecule has 59 heavy (non-hydrogen) atoms. The van der Waals surface area contributed by atoms with E-state index in [0.717, 1.165) is 55.3 Å². The van der Waals surface area contributed by atoms with Crippen LogP contribution in [0.1, 0.15) is 11.0 Å². The maximum atomic E-state index is 9.70. The highest BCUT2D eigenvalue weighted by Gasteiger charge is 2.15. The van der Waals surface area contributed by atoms with E-state index in [1.807, 2.05) is 121 Å². The van der Waals surface area contributed by atoms with Crippen molar-refractivity contribution in [3.8, 4) is 66.8 Å². The summed E-state index contributed by atoms with van der Waals surface area (Å²) in [5.74, 6) is 0. The molecule has 10 aromatic rings. The van der Waals surface area contributed by atoms with Crippen molar-refractivity contribution in [2.45, 2.75) is 0 Å². The minimum atomic E-state index is -0.404. The van der Waals surface area contributed by atoms with Crippen LogP contribution in [0.15, 0.2) is 249 Å². The molecule has 0 heterocycles. The molecule has 0 spiro atoms. The van der Waals surface area contributed by atoms with E-state index in [0.29, 0.717) is 16.8 Å². The van der Waals surface area contributed by atoms with Gasteiger partial charge in [-0.2, -0.15) is 0 Å². The molecule has 0 amide bonds. The van der Waals surface area contributed by atoms with Gasteiger partial charge in [-0.1, -0.05) is 182 Å². The normalized spacial score (nSPS) is 12.9. The van der Waals surface area contributed by atoms with Gasteiger partial charge in [0, 0.05) is 17.1 Å². The average molecular weight is 760 g/mol. The number of anilines is 3. The molecule has 0 radical (unpaired) electrons. The monoisotopic (exact) mass is 759 g/mol. The number of fused-ring (bicyclic) bond motifs is 1. The Kier molecular flexibility index (Phi) is 7.54. The number of rotatable bonds is 9. The molecule has 0 unspecified atom stereocenters. The lowest BCUT2D eigenvalue weighted by molar-refractivity contribution is 1.28. The van der Waals surface area contributed by atoms with Gasteiger partial charge in [-0.25, -0.2) is 0 Å². The number of nitrogens with zero attached hydrogens (tertiary/aromatic N) is 1. The third kappa shape index (κ3) is 7.58. The summed E-state index contributed by atoms with van der Waals surface area (Å²) < 4.78 is 76.1. The molecule has 0 atom stereocenters. The van der Waals surface area contributed by atoms with Gasteiger partial charge in [0.05, 0.1) is 11.0 Å². The fourth-order valence-corrected chi connectivity index (χ4v) is 7.52. The SMILES string of the molecule is [2H]c1c([2H])c(N(c2ccc(-c3cccc(-c4ccc5ccccc5c4)c3)cc2)c2c([2H])c([2H])c(-c3cc(-c4ccccc4)cc(-c4ccccc4)c3)c([2H])c2[2H])c([2H])c([2H])c1-c1ccccc1. The van der Waals surface area contributed by atoms with E-state index in [2.05, 4.69) is 42.5 Å². The Morgan fingerprint density at radius 3 is 1.12 bits per heavy atom. The van der Waals surface area contributed by atoms with Crippen molar-refractivity contribution in [1.82, 2.24) is 0 Å². The number of hydrogen-bond donors (Lipinski definition) is 0. The number of benzene rings is 10. The van der Waals surface area contributed by atoms with E-state index in [1.165, 1.54) is 4.90 Å². The molecule has 0 aliphatic heterocycles. The minimum Gasteiger partial charge on any atom is -0.311 e. The summed E-state index contributed by atoms with van der Waals surface area (Å²) in [6.45, 7) is 0. The van der Waals surface area contributed by atoms with Crippen molar-refractivity contribution in [3.63, 3.8) is 0 Å².